The summed E-state index contributed by atoms with van der Waals surface area (Å²) in [5, 5.41) is 2.58. The first kappa shape index (κ1) is 12.3. The van der Waals surface area contributed by atoms with Gasteiger partial charge in [-0.15, -0.1) is 0 Å². The molecule has 1 aromatic rings. The summed E-state index contributed by atoms with van der Waals surface area (Å²) in [4.78, 5) is 2.10. The van der Waals surface area contributed by atoms with E-state index in [1.807, 2.05) is 0 Å². The lowest BCUT2D eigenvalue weighted by Crippen LogP contribution is -2.03. The predicted octanol–water partition coefficient (Wildman–Crippen LogP) is 4.14. The first-order valence-corrected chi connectivity index (χ1v) is 4.44. The summed E-state index contributed by atoms with van der Waals surface area (Å²) in [7, 11) is 0. The van der Waals surface area contributed by atoms with Crippen LogP contribution in [0.1, 0.15) is 18.9 Å². The summed E-state index contributed by atoms with van der Waals surface area (Å²) >= 11 is 0. The minimum atomic E-state index is -1.67. The molecule has 0 saturated carbocycles. The van der Waals surface area contributed by atoms with Crippen LogP contribution >= 0.6 is 0 Å². The van der Waals surface area contributed by atoms with Crippen molar-refractivity contribution in [1.82, 2.24) is 0 Å². The number of halogens is 4. The maximum Gasteiger partial charge on any atom is 0.171 e. The van der Waals surface area contributed by atoms with Crippen LogP contribution in [-0.2, 0) is 6.42 Å². The Morgan fingerprint density at radius 2 is 1.56 bits per heavy atom. The normalized spacial score (nSPS) is 10.1. The van der Waals surface area contributed by atoms with Gasteiger partial charge in [0.15, 0.2) is 23.3 Å². The van der Waals surface area contributed by atoms with E-state index in [1.54, 1.807) is 6.92 Å². The lowest BCUT2D eigenvalue weighted by atomic mass is 10.1. The van der Waals surface area contributed by atoms with Crippen molar-refractivity contribution in [3.8, 4) is 0 Å². The molecule has 0 aliphatic heterocycles. The Kier molecular flexibility index (Phi) is 3.73. The van der Waals surface area contributed by atoms with Crippen LogP contribution in [0, 0.1) is 23.3 Å². The summed E-state index contributed by atoms with van der Waals surface area (Å²) in [6, 6.07) is 0. The number of azide groups is 1. The topological polar surface area (TPSA) is 48.8 Å². The van der Waals surface area contributed by atoms with E-state index in [0.717, 1.165) is 0 Å². The number of benzene rings is 1. The van der Waals surface area contributed by atoms with Gasteiger partial charge in [-0.2, -0.15) is 0 Å². The SMILES string of the molecule is CCCc1c(F)c(F)c(N=[N+]=[N-])c(F)c1F. The number of hydrogen-bond donors (Lipinski definition) is 0. The molecule has 7 heteroatoms. The van der Waals surface area contributed by atoms with E-state index >= 15 is 0 Å². The Morgan fingerprint density at radius 3 is 1.94 bits per heavy atom. The van der Waals surface area contributed by atoms with Crippen molar-refractivity contribution >= 4 is 5.69 Å². The first-order chi connectivity index (χ1) is 7.54. The van der Waals surface area contributed by atoms with Crippen LogP contribution < -0.4 is 0 Å². The fraction of sp³-hybridized carbons (Fsp3) is 0.333. The van der Waals surface area contributed by atoms with E-state index in [2.05, 4.69) is 10.0 Å². The molecule has 86 valence electrons. The second-order valence-electron chi connectivity index (χ2n) is 3.02. The third kappa shape index (κ3) is 1.94. The van der Waals surface area contributed by atoms with Gasteiger partial charge in [0.05, 0.1) is 0 Å². The van der Waals surface area contributed by atoms with Gasteiger partial charge in [0, 0.05) is 10.5 Å². The lowest BCUT2D eigenvalue weighted by Gasteiger charge is -2.07. The van der Waals surface area contributed by atoms with Gasteiger partial charge in [-0.3, -0.25) is 0 Å². The van der Waals surface area contributed by atoms with Crippen molar-refractivity contribution in [2.75, 3.05) is 0 Å². The van der Waals surface area contributed by atoms with E-state index in [0.29, 0.717) is 6.42 Å². The van der Waals surface area contributed by atoms with E-state index in [1.165, 1.54) is 0 Å². The maximum atomic E-state index is 13.2. The standard InChI is InChI=1S/C9H7F4N3/c1-2-3-4-5(10)7(12)9(15-16-14)8(13)6(4)11/h2-3H2,1H3. The van der Waals surface area contributed by atoms with Crippen molar-refractivity contribution in [1.29, 1.82) is 0 Å². The highest BCUT2D eigenvalue weighted by molar-refractivity contribution is 5.44. The Hall–Kier alpha value is -1.75. The Balaban J connectivity index is 3.55. The highest BCUT2D eigenvalue weighted by atomic mass is 19.2. The fourth-order valence-corrected chi connectivity index (χ4v) is 1.27. The summed E-state index contributed by atoms with van der Waals surface area (Å²) in [5.41, 5.74) is 6.05. The molecular weight excluding hydrogens is 226 g/mol. The molecule has 0 spiro atoms. The van der Waals surface area contributed by atoms with Gasteiger partial charge in [0.2, 0.25) is 0 Å². The van der Waals surface area contributed by atoms with Gasteiger partial charge >= 0.3 is 0 Å². The van der Waals surface area contributed by atoms with Crippen molar-refractivity contribution in [3.63, 3.8) is 0 Å². The largest absolute Gasteiger partial charge is 0.203 e. The van der Waals surface area contributed by atoms with E-state index < -0.39 is 34.5 Å². The van der Waals surface area contributed by atoms with Gasteiger partial charge in [-0.1, -0.05) is 18.5 Å². The van der Waals surface area contributed by atoms with Crippen LogP contribution in [0.15, 0.2) is 5.11 Å². The molecule has 0 bridgehead atoms. The predicted molar refractivity (Wildman–Crippen MR) is 49.1 cm³/mol. The molecule has 0 saturated heterocycles. The molecule has 0 unspecified atom stereocenters. The van der Waals surface area contributed by atoms with Crippen LogP contribution in [0.2, 0.25) is 0 Å². The Morgan fingerprint density at radius 1 is 1.06 bits per heavy atom. The molecule has 0 amide bonds. The zero-order valence-corrected chi connectivity index (χ0v) is 8.27. The zero-order chi connectivity index (χ0) is 12.3. The van der Waals surface area contributed by atoms with Gasteiger partial charge in [-0.25, -0.2) is 17.6 Å². The maximum absolute atomic E-state index is 13.2. The summed E-state index contributed by atoms with van der Waals surface area (Å²) in [5.74, 6) is -6.35. The second kappa shape index (κ2) is 4.85. The van der Waals surface area contributed by atoms with Gasteiger partial charge in [-0.05, 0) is 12.0 Å². The van der Waals surface area contributed by atoms with Gasteiger partial charge in [0.25, 0.3) is 0 Å². The van der Waals surface area contributed by atoms with Crippen molar-refractivity contribution < 1.29 is 17.6 Å². The molecule has 1 rings (SSSR count). The Bertz CT molecular complexity index is 437. The molecule has 0 radical (unpaired) electrons. The monoisotopic (exact) mass is 233 g/mol. The summed E-state index contributed by atoms with van der Waals surface area (Å²) < 4.78 is 52.8. The lowest BCUT2D eigenvalue weighted by molar-refractivity contribution is 0.441. The van der Waals surface area contributed by atoms with E-state index in [9.17, 15) is 17.6 Å². The minimum Gasteiger partial charge on any atom is -0.203 e. The van der Waals surface area contributed by atoms with E-state index in [4.69, 9.17) is 5.53 Å². The number of hydrogen-bond acceptors (Lipinski definition) is 1. The molecule has 0 heterocycles. The summed E-state index contributed by atoms with van der Waals surface area (Å²) in [6.07, 6.45) is 0.190. The van der Waals surface area contributed by atoms with Crippen molar-refractivity contribution in [2.24, 2.45) is 5.11 Å². The van der Waals surface area contributed by atoms with Crippen LogP contribution in [0.3, 0.4) is 0 Å². The van der Waals surface area contributed by atoms with Crippen molar-refractivity contribution in [3.05, 3.63) is 39.3 Å². The molecule has 0 atom stereocenters. The highest BCUT2D eigenvalue weighted by Gasteiger charge is 2.23. The third-order valence-electron chi connectivity index (χ3n) is 1.98. The second-order valence-corrected chi connectivity index (χ2v) is 3.02. The average Bonchev–Trinajstić information content (AvgIpc) is 2.28. The summed E-state index contributed by atoms with van der Waals surface area (Å²) in [6.45, 7) is 1.61. The Labute approximate surface area is 88.3 Å². The molecule has 3 nitrogen and oxygen atoms in total. The van der Waals surface area contributed by atoms with Gasteiger partial charge in [0.1, 0.15) is 5.69 Å². The quantitative estimate of drug-likeness (QED) is 0.248. The van der Waals surface area contributed by atoms with Crippen LogP contribution in [0.4, 0.5) is 23.2 Å². The van der Waals surface area contributed by atoms with Crippen LogP contribution in [0.25, 0.3) is 10.4 Å². The molecule has 0 aromatic heterocycles. The van der Waals surface area contributed by atoms with Crippen LogP contribution in [-0.4, -0.2) is 0 Å². The van der Waals surface area contributed by atoms with Crippen molar-refractivity contribution in [2.45, 2.75) is 19.8 Å². The average molecular weight is 233 g/mol. The number of rotatable bonds is 3. The van der Waals surface area contributed by atoms with Crippen LogP contribution in [0.5, 0.6) is 0 Å². The van der Waals surface area contributed by atoms with E-state index in [-0.39, 0.29) is 6.42 Å². The molecule has 0 aliphatic rings. The molecular formula is C9H7F4N3. The molecule has 0 fully saturated rings. The molecule has 0 aliphatic carbocycles. The third-order valence-corrected chi connectivity index (χ3v) is 1.98. The smallest absolute Gasteiger partial charge is 0.171 e. The zero-order valence-electron chi connectivity index (χ0n) is 8.27. The minimum absolute atomic E-state index is 0.137. The molecule has 0 N–H and O–H groups in total. The highest BCUT2D eigenvalue weighted by Crippen LogP contribution is 2.30. The molecule has 16 heavy (non-hydrogen) atoms. The van der Waals surface area contributed by atoms with Gasteiger partial charge < -0.3 is 0 Å². The number of nitrogens with zero attached hydrogens (tertiary/aromatic N) is 3. The molecule has 1 aromatic carbocycles. The first-order valence-electron chi connectivity index (χ1n) is 4.44. The fourth-order valence-electron chi connectivity index (χ4n) is 1.27.